The zero-order chi connectivity index (χ0) is 17.0. The van der Waals surface area contributed by atoms with Gasteiger partial charge in [0.1, 0.15) is 0 Å². The van der Waals surface area contributed by atoms with Gasteiger partial charge in [0.05, 0.1) is 38.5 Å². The Morgan fingerprint density at radius 1 is 1.29 bits per heavy atom. The summed E-state index contributed by atoms with van der Waals surface area (Å²) in [4.78, 5) is 19.1. The third-order valence-electron chi connectivity index (χ3n) is 4.26. The van der Waals surface area contributed by atoms with E-state index >= 15 is 0 Å². The van der Waals surface area contributed by atoms with Crippen molar-refractivity contribution in [1.29, 1.82) is 0 Å². The van der Waals surface area contributed by atoms with Crippen molar-refractivity contribution < 1.29 is 14.3 Å². The predicted molar refractivity (Wildman–Crippen MR) is 92.6 cm³/mol. The van der Waals surface area contributed by atoms with Gasteiger partial charge in [0.15, 0.2) is 0 Å². The van der Waals surface area contributed by atoms with Crippen LogP contribution in [-0.2, 0) is 20.8 Å². The predicted octanol–water partition coefficient (Wildman–Crippen LogP) is 1.61. The number of hydrogen-bond donors (Lipinski definition) is 1. The van der Waals surface area contributed by atoms with Crippen molar-refractivity contribution in [2.45, 2.75) is 38.3 Å². The molecule has 1 saturated heterocycles. The fraction of sp³-hybridized carbons (Fsp3) is 0.667. The van der Waals surface area contributed by atoms with Crippen molar-refractivity contribution in [2.75, 3.05) is 40.0 Å². The summed E-state index contributed by atoms with van der Waals surface area (Å²) >= 11 is 0. The zero-order valence-electron chi connectivity index (χ0n) is 14.6. The molecular weight excluding hydrogens is 306 g/mol. The smallest absolute Gasteiger partial charge is 0.225 e. The van der Waals surface area contributed by atoms with Crippen molar-refractivity contribution in [2.24, 2.45) is 0 Å². The summed E-state index contributed by atoms with van der Waals surface area (Å²) in [7, 11) is 1.64. The van der Waals surface area contributed by atoms with Crippen LogP contribution in [0.15, 0.2) is 24.4 Å². The van der Waals surface area contributed by atoms with Crippen LogP contribution >= 0.6 is 0 Å². The summed E-state index contributed by atoms with van der Waals surface area (Å²) in [6, 6.07) is 6.11. The summed E-state index contributed by atoms with van der Waals surface area (Å²) < 4.78 is 10.4. The maximum Gasteiger partial charge on any atom is 0.225 e. The van der Waals surface area contributed by atoms with E-state index in [4.69, 9.17) is 9.47 Å². The number of rotatable bonds is 9. The maximum absolute atomic E-state index is 12.8. The van der Waals surface area contributed by atoms with Crippen LogP contribution in [0.25, 0.3) is 0 Å². The third kappa shape index (κ3) is 6.55. The number of nitrogens with zero attached hydrogens (tertiary/aromatic N) is 2. The van der Waals surface area contributed by atoms with Crippen LogP contribution in [-0.4, -0.2) is 61.9 Å². The summed E-state index contributed by atoms with van der Waals surface area (Å²) in [6.07, 6.45) is 5.31. The first kappa shape index (κ1) is 18.8. The van der Waals surface area contributed by atoms with Crippen LogP contribution in [0.5, 0.6) is 0 Å². The molecule has 6 heteroatoms. The number of hydrogen-bond acceptors (Lipinski definition) is 5. The van der Waals surface area contributed by atoms with E-state index in [0.29, 0.717) is 32.8 Å². The Morgan fingerprint density at radius 2 is 2.21 bits per heavy atom. The van der Waals surface area contributed by atoms with Gasteiger partial charge in [0.25, 0.3) is 0 Å². The van der Waals surface area contributed by atoms with Gasteiger partial charge >= 0.3 is 0 Å². The molecule has 2 heterocycles. The van der Waals surface area contributed by atoms with E-state index < -0.39 is 0 Å². The molecule has 1 unspecified atom stereocenters. The zero-order valence-corrected chi connectivity index (χ0v) is 14.6. The quantitative estimate of drug-likeness (QED) is 0.695. The van der Waals surface area contributed by atoms with E-state index in [1.807, 2.05) is 23.1 Å². The first-order chi connectivity index (χ1) is 11.8. The van der Waals surface area contributed by atoms with Gasteiger partial charge in [-0.2, -0.15) is 0 Å². The number of nitrogens with one attached hydrogen (secondary N) is 1. The van der Waals surface area contributed by atoms with Gasteiger partial charge in [-0.3, -0.25) is 9.78 Å². The van der Waals surface area contributed by atoms with Gasteiger partial charge in [-0.1, -0.05) is 6.07 Å². The van der Waals surface area contributed by atoms with Gasteiger partial charge in [0, 0.05) is 19.3 Å². The second-order valence-corrected chi connectivity index (χ2v) is 6.03. The van der Waals surface area contributed by atoms with Gasteiger partial charge < -0.3 is 19.7 Å². The van der Waals surface area contributed by atoms with Gasteiger partial charge in [0.2, 0.25) is 5.91 Å². The van der Waals surface area contributed by atoms with Crippen LogP contribution in [0.4, 0.5) is 0 Å². The first-order valence-electron chi connectivity index (χ1n) is 8.78. The molecule has 0 aliphatic carbocycles. The van der Waals surface area contributed by atoms with Crippen LogP contribution < -0.4 is 5.32 Å². The highest BCUT2D eigenvalue weighted by Crippen LogP contribution is 2.17. The van der Waals surface area contributed by atoms with Crippen LogP contribution in [0.3, 0.4) is 0 Å². The van der Waals surface area contributed by atoms with Crippen LogP contribution in [0.2, 0.25) is 0 Å². The minimum Gasteiger partial charge on any atom is -0.382 e. The molecule has 0 aromatic carbocycles. The van der Waals surface area contributed by atoms with Crippen LogP contribution in [0.1, 0.15) is 31.4 Å². The Hall–Kier alpha value is -1.50. The second kappa shape index (κ2) is 11.1. The molecule has 1 aliphatic rings. The lowest BCUT2D eigenvalue weighted by Gasteiger charge is -2.31. The molecule has 2 rings (SSSR count). The number of methoxy groups -OCH3 is 1. The van der Waals surface area contributed by atoms with Crippen molar-refractivity contribution in [3.05, 3.63) is 30.1 Å². The van der Waals surface area contributed by atoms with Gasteiger partial charge in [-0.25, -0.2) is 0 Å². The van der Waals surface area contributed by atoms with Crippen molar-refractivity contribution in [3.63, 3.8) is 0 Å². The molecule has 1 amide bonds. The normalized spacial score (nSPS) is 18.1. The largest absolute Gasteiger partial charge is 0.382 e. The summed E-state index contributed by atoms with van der Waals surface area (Å²) in [5.41, 5.74) is 0.934. The topological polar surface area (TPSA) is 63.7 Å². The molecule has 1 aromatic rings. The highest BCUT2D eigenvalue weighted by atomic mass is 16.5. The van der Waals surface area contributed by atoms with E-state index in [1.54, 1.807) is 13.3 Å². The molecule has 0 saturated carbocycles. The molecule has 1 aromatic heterocycles. The number of ether oxygens (including phenoxy) is 2. The highest BCUT2D eigenvalue weighted by Gasteiger charge is 2.24. The molecular formula is C18H29N3O3. The van der Waals surface area contributed by atoms with Gasteiger partial charge in [-0.15, -0.1) is 0 Å². The lowest BCUT2D eigenvalue weighted by atomic mass is 10.1. The minimum atomic E-state index is 0.143. The first-order valence-corrected chi connectivity index (χ1v) is 8.78. The lowest BCUT2D eigenvalue weighted by molar-refractivity contribution is -0.135. The fourth-order valence-corrected chi connectivity index (χ4v) is 2.95. The molecule has 0 radical (unpaired) electrons. The van der Waals surface area contributed by atoms with E-state index in [2.05, 4.69) is 10.3 Å². The summed E-state index contributed by atoms with van der Waals surface area (Å²) in [6.45, 7) is 4.08. The highest BCUT2D eigenvalue weighted by molar-refractivity contribution is 5.76. The van der Waals surface area contributed by atoms with E-state index in [9.17, 15) is 4.79 Å². The molecule has 134 valence electrons. The molecule has 0 bridgehead atoms. The molecule has 1 fully saturated rings. The van der Waals surface area contributed by atoms with Crippen molar-refractivity contribution in [1.82, 2.24) is 15.2 Å². The number of aromatic nitrogens is 1. The standard InChI is InChI=1S/C18H29N3O3/c1-23-13-14-24-12-8-18(22)21(15-16-5-2-3-10-20-16)17-6-4-9-19-11-7-17/h2-3,5,10,17,19H,4,6-9,11-15H2,1H3. The SMILES string of the molecule is COCCOCCC(=O)N(Cc1ccccn1)C1CCCNCC1. The Morgan fingerprint density at radius 3 is 3.00 bits per heavy atom. The number of carbonyl (C=O) groups is 1. The average Bonchev–Trinajstić information content (AvgIpc) is 2.89. The molecule has 0 spiro atoms. The Balaban J connectivity index is 1.94. The third-order valence-corrected chi connectivity index (χ3v) is 4.26. The van der Waals surface area contributed by atoms with E-state index in [1.165, 1.54) is 0 Å². The van der Waals surface area contributed by atoms with Crippen molar-refractivity contribution in [3.8, 4) is 0 Å². The molecule has 1 atom stereocenters. The monoisotopic (exact) mass is 335 g/mol. The van der Waals surface area contributed by atoms with Crippen molar-refractivity contribution >= 4 is 5.91 Å². The average molecular weight is 335 g/mol. The summed E-state index contributed by atoms with van der Waals surface area (Å²) in [5.74, 6) is 0.143. The lowest BCUT2D eigenvalue weighted by Crippen LogP contribution is -2.41. The fourth-order valence-electron chi connectivity index (χ4n) is 2.95. The number of carbonyl (C=O) groups excluding carboxylic acids is 1. The number of amides is 1. The van der Waals surface area contributed by atoms with E-state index in [0.717, 1.165) is 38.0 Å². The molecule has 1 aliphatic heterocycles. The molecule has 1 N–H and O–H groups in total. The Kier molecular flexibility index (Phi) is 8.73. The molecule has 24 heavy (non-hydrogen) atoms. The maximum atomic E-state index is 12.8. The Labute approximate surface area is 144 Å². The van der Waals surface area contributed by atoms with E-state index in [-0.39, 0.29) is 11.9 Å². The number of pyridine rings is 1. The summed E-state index contributed by atoms with van der Waals surface area (Å²) in [5, 5.41) is 3.41. The van der Waals surface area contributed by atoms with Gasteiger partial charge in [-0.05, 0) is 44.5 Å². The minimum absolute atomic E-state index is 0.143. The molecule has 6 nitrogen and oxygen atoms in total. The van der Waals surface area contributed by atoms with Crippen LogP contribution in [0, 0.1) is 0 Å². The second-order valence-electron chi connectivity index (χ2n) is 6.03. The Bertz CT molecular complexity index is 462.